The minimum Gasteiger partial charge on any atom is -0.479 e. The van der Waals surface area contributed by atoms with Gasteiger partial charge in [-0.3, -0.25) is 0 Å². The van der Waals surface area contributed by atoms with Crippen molar-refractivity contribution in [3.05, 3.63) is 27.1 Å². The number of nitrogens with two attached hydrogens (primary N) is 1. The van der Waals surface area contributed by atoms with Gasteiger partial charge in [-0.1, -0.05) is 41.0 Å². The van der Waals surface area contributed by atoms with Gasteiger partial charge in [0.15, 0.2) is 5.13 Å². The molecule has 0 unspecified atom stereocenters. The number of thiazole rings is 1. The molecule has 1 aromatic carbocycles. The first-order valence-electron chi connectivity index (χ1n) is 7.04. The number of nitrogen functional groups attached to an aromatic ring is 1. The first-order valence-corrected chi connectivity index (χ1v) is 8.61. The summed E-state index contributed by atoms with van der Waals surface area (Å²) in [5.41, 5.74) is 7.40. The monoisotopic (exact) mass is 340 g/mol. The summed E-state index contributed by atoms with van der Waals surface area (Å²) >= 11 is 14.0. The van der Waals surface area contributed by atoms with Gasteiger partial charge in [-0.15, -0.1) is 0 Å². The average Bonchev–Trinajstić information content (AvgIpc) is 2.85. The second-order valence-electron chi connectivity index (χ2n) is 5.65. The molecule has 2 heterocycles. The molecule has 1 aliphatic carbocycles. The van der Waals surface area contributed by atoms with Gasteiger partial charge in [0.2, 0.25) is 0 Å². The van der Waals surface area contributed by atoms with Crippen LogP contribution < -0.4 is 10.5 Å². The molecule has 0 amide bonds. The topological polar surface area (TPSA) is 48.1 Å². The van der Waals surface area contributed by atoms with Crippen molar-refractivity contribution < 1.29 is 4.74 Å². The van der Waals surface area contributed by atoms with Gasteiger partial charge in [-0.05, 0) is 37.8 Å². The Labute approximate surface area is 137 Å². The Morgan fingerprint density at radius 1 is 1.19 bits per heavy atom. The number of nitrogens with zero attached hydrogens (tertiary/aromatic N) is 1. The highest BCUT2D eigenvalue weighted by Crippen LogP contribution is 2.55. The van der Waals surface area contributed by atoms with Gasteiger partial charge >= 0.3 is 0 Å². The van der Waals surface area contributed by atoms with Crippen molar-refractivity contribution in [2.24, 2.45) is 0 Å². The van der Waals surface area contributed by atoms with E-state index in [9.17, 15) is 0 Å². The van der Waals surface area contributed by atoms with E-state index < -0.39 is 0 Å². The van der Waals surface area contributed by atoms with E-state index in [1.165, 1.54) is 17.8 Å². The van der Waals surface area contributed by atoms with E-state index in [-0.39, 0.29) is 5.60 Å². The Morgan fingerprint density at radius 3 is 2.71 bits per heavy atom. The third-order valence-electron chi connectivity index (χ3n) is 4.28. The zero-order valence-electron chi connectivity index (χ0n) is 11.3. The van der Waals surface area contributed by atoms with E-state index in [4.69, 9.17) is 33.7 Å². The number of aromatic nitrogens is 1. The Bertz CT molecular complexity index is 723. The van der Waals surface area contributed by atoms with Gasteiger partial charge in [0.05, 0.1) is 15.6 Å². The van der Waals surface area contributed by atoms with Crippen LogP contribution >= 0.6 is 34.5 Å². The number of ether oxygens (including phenoxy) is 1. The van der Waals surface area contributed by atoms with Gasteiger partial charge in [-0.2, -0.15) is 0 Å². The standard InChI is InChI=1S/C15H14Cl2N2OS/c16-8-6-9-11-13(21-14(18)19-11)15(4-2-1-3-5-15)20-12(9)10(17)7-8/h6-7H,1-5H2,(H2,18,19). The summed E-state index contributed by atoms with van der Waals surface area (Å²) in [4.78, 5) is 5.65. The summed E-state index contributed by atoms with van der Waals surface area (Å²) in [6.07, 6.45) is 5.52. The van der Waals surface area contributed by atoms with Crippen LogP contribution in [0.2, 0.25) is 10.0 Å². The zero-order valence-corrected chi connectivity index (χ0v) is 13.6. The normalized spacial score (nSPS) is 19.0. The molecule has 0 atom stereocenters. The highest BCUT2D eigenvalue weighted by atomic mass is 35.5. The number of fused-ring (bicyclic) bond motifs is 4. The van der Waals surface area contributed by atoms with Crippen molar-refractivity contribution in [3.8, 4) is 17.0 Å². The van der Waals surface area contributed by atoms with Gasteiger partial charge < -0.3 is 10.5 Å². The van der Waals surface area contributed by atoms with Crippen LogP contribution in [-0.2, 0) is 5.60 Å². The van der Waals surface area contributed by atoms with Crippen LogP contribution in [0.5, 0.6) is 5.75 Å². The summed E-state index contributed by atoms with van der Waals surface area (Å²) in [7, 11) is 0. The van der Waals surface area contributed by atoms with Crippen molar-refractivity contribution in [2.75, 3.05) is 5.73 Å². The lowest BCUT2D eigenvalue weighted by Crippen LogP contribution is -2.37. The number of anilines is 1. The lowest BCUT2D eigenvalue weighted by molar-refractivity contribution is 0.0274. The largest absolute Gasteiger partial charge is 0.479 e. The van der Waals surface area contributed by atoms with Crippen molar-refractivity contribution >= 4 is 39.7 Å². The van der Waals surface area contributed by atoms with Gasteiger partial charge in [0, 0.05) is 10.6 Å². The number of benzene rings is 1. The molecule has 1 fully saturated rings. The maximum absolute atomic E-state index is 6.41. The first-order chi connectivity index (χ1) is 10.1. The minimum absolute atomic E-state index is 0.312. The minimum atomic E-state index is -0.312. The van der Waals surface area contributed by atoms with Crippen molar-refractivity contribution in [1.29, 1.82) is 0 Å². The third kappa shape index (κ3) is 2.04. The molecule has 2 N–H and O–H groups in total. The predicted octanol–water partition coefficient (Wildman–Crippen LogP) is 5.25. The second-order valence-corrected chi connectivity index (χ2v) is 7.53. The van der Waals surface area contributed by atoms with Crippen molar-refractivity contribution in [3.63, 3.8) is 0 Å². The summed E-state index contributed by atoms with van der Waals surface area (Å²) in [5, 5.41) is 1.69. The molecule has 2 aliphatic rings. The van der Waals surface area contributed by atoms with Crippen LogP contribution in [0.1, 0.15) is 37.0 Å². The number of halogens is 2. The quantitative estimate of drug-likeness (QED) is 0.712. The molecule has 1 aliphatic heterocycles. The molecule has 2 aromatic rings. The van der Waals surface area contributed by atoms with Gasteiger partial charge in [0.1, 0.15) is 11.4 Å². The number of hydrogen-bond acceptors (Lipinski definition) is 4. The fraction of sp³-hybridized carbons (Fsp3) is 0.400. The fourth-order valence-electron chi connectivity index (χ4n) is 3.36. The maximum Gasteiger partial charge on any atom is 0.180 e. The van der Waals surface area contributed by atoms with Crippen LogP contribution in [0.15, 0.2) is 12.1 Å². The molecular formula is C15H14Cl2N2OS. The van der Waals surface area contributed by atoms with Crippen LogP contribution in [0.4, 0.5) is 5.13 Å². The summed E-state index contributed by atoms with van der Waals surface area (Å²) in [5.74, 6) is 0.695. The summed E-state index contributed by atoms with van der Waals surface area (Å²) in [6, 6.07) is 3.58. The van der Waals surface area contributed by atoms with Crippen LogP contribution in [0.3, 0.4) is 0 Å². The summed E-state index contributed by atoms with van der Waals surface area (Å²) < 4.78 is 6.41. The maximum atomic E-state index is 6.41. The van der Waals surface area contributed by atoms with Crippen molar-refractivity contribution in [1.82, 2.24) is 4.98 Å². The van der Waals surface area contributed by atoms with E-state index in [0.717, 1.165) is 41.8 Å². The van der Waals surface area contributed by atoms with Gasteiger partial charge in [-0.25, -0.2) is 4.98 Å². The first kappa shape index (κ1) is 13.7. The lowest BCUT2D eigenvalue weighted by Gasteiger charge is -2.40. The van der Waals surface area contributed by atoms with E-state index in [0.29, 0.717) is 20.9 Å². The summed E-state index contributed by atoms with van der Waals surface area (Å²) in [6.45, 7) is 0. The molecular weight excluding hydrogens is 327 g/mol. The Hall–Kier alpha value is -0.970. The molecule has 6 heteroatoms. The zero-order chi connectivity index (χ0) is 14.6. The van der Waals surface area contributed by atoms with Crippen LogP contribution in [0.25, 0.3) is 11.3 Å². The van der Waals surface area contributed by atoms with E-state index >= 15 is 0 Å². The van der Waals surface area contributed by atoms with Crippen LogP contribution in [0, 0.1) is 0 Å². The molecule has 0 bridgehead atoms. The SMILES string of the molecule is Nc1nc2c(s1)C1(CCCCC1)Oc1c(Cl)cc(Cl)cc1-2. The van der Waals surface area contributed by atoms with E-state index in [1.54, 1.807) is 6.07 Å². The van der Waals surface area contributed by atoms with E-state index in [1.807, 2.05) is 6.07 Å². The molecule has 4 rings (SSSR count). The number of hydrogen-bond donors (Lipinski definition) is 1. The molecule has 21 heavy (non-hydrogen) atoms. The molecule has 0 radical (unpaired) electrons. The fourth-order valence-corrected chi connectivity index (χ4v) is 4.92. The highest BCUT2D eigenvalue weighted by Gasteiger charge is 2.45. The smallest absolute Gasteiger partial charge is 0.180 e. The molecule has 110 valence electrons. The Morgan fingerprint density at radius 2 is 1.95 bits per heavy atom. The van der Waals surface area contributed by atoms with Crippen LogP contribution in [-0.4, -0.2) is 4.98 Å². The highest BCUT2D eigenvalue weighted by molar-refractivity contribution is 7.16. The Balaban J connectivity index is 1.98. The molecule has 1 aromatic heterocycles. The number of rotatable bonds is 0. The molecule has 0 saturated heterocycles. The van der Waals surface area contributed by atoms with Gasteiger partial charge in [0.25, 0.3) is 0 Å². The Kier molecular flexibility index (Phi) is 3.10. The lowest BCUT2D eigenvalue weighted by atomic mass is 9.80. The van der Waals surface area contributed by atoms with E-state index in [2.05, 4.69) is 4.98 Å². The third-order valence-corrected chi connectivity index (χ3v) is 5.85. The predicted molar refractivity (Wildman–Crippen MR) is 87.4 cm³/mol. The molecule has 3 nitrogen and oxygen atoms in total. The average molecular weight is 341 g/mol. The molecule has 1 saturated carbocycles. The second kappa shape index (κ2) is 4.77. The molecule has 1 spiro atoms. The van der Waals surface area contributed by atoms with Crippen molar-refractivity contribution in [2.45, 2.75) is 37.7 Å².